The second kappa shape index (κ2) is 4.90. The van der Waals surface area contributed by atoms with Gasteiger partial charge in [-0.3, -0.25) is 0 Å². The number of rotatable bonds is 1. The average Bonchev–Trinajstić information content (AvgIpc) is 3.05. The highest BCUT2D eigenvalue weighted by molar-refractivity contribution is 7.21. The molecule has 0 unspecified atom stereocenters. The minimum absolute atomic E-state index is 1.07. The van der Waals surface area contributed by atoms with Crippen LogP contribution in [0.2, 0.25) is 0 Å². The molecular weight excluding hydrogens is 298 g/mol. The molecular formula is C21H13NS. The van der Waals surface area contributed by atoms with Crippen LogP contribution >= 0.6 is 11.3 Å². The van der Waals surface area contributed by atoms with Gasteiger partial charge in [0.05, 0.1) is 10.2 Å². The molecule has 0 aliphatic rings. The molecule has 0 atom stereocenters. The molecule has 0 amide bonds. The predicted molar refractivity (Wildman–Crippen MR) is 100 cm³/mol. The van der Waals surface area contributed by atoms with Crippen molar-refractivity contribution in [2.24, 2.45) is 0 Å². The zero-order valence-corrected chi connectivity index (χ0v) is 13.2. The van der Waals surface area contributed by atoms with Gasteiger partial charge in [0.2, 0.25) is 0 Å². The molecule has 4 aromatic carbocycles. The van der Waals surface area contributed by atoms with Gasteiger partial charge in [-0.1, -0.05) is 66.7 Å². The summed E-state index contributed by atoms with van der Waals surface area (Å²) in [5.74, 6) is 0. The number of para-hydroxylation sites is 1. The number of fused-ring (bicyclic) bond motifs is 4. The highest BCUT2D eigenvalue weighted by Crippen LogP contribution is 2.36. The van der Waals surface area contributed by atoms with Crippen molar-refractivity contribution in [3.05, 3.63) is 78.9 Å². The Morgan fingerprint density at radius 2 is 1.43 bits per heavy atom. The molecule has 1 nitrogen and oxygen atoms in total. The molecule has 0 saturated heterocycles. The van der Waals surface area contributed by atoms with Crippen LogP contribution in [0.5, 0.6) is 0 Å². The third-order valence-electron chi connectivity index (χ3n) is 4.31. The van der Waals surface area contributed by atoms with Crippen molar-refractivity contribution in [3.63, 3.8) is 0 Å². The average molecular weight is 311 g/mol. The van der Waals surface area contributed by atoms with Gasteiger partial charge in [0.1, 0.15) is 5.01 Å². The van der Waals surface area contributed by atoms with Crippen LogP contribution in [0.15, 0.2) is 78.9 Å². The number of thiazole rings is 1. The largest absolute Gasteiger partial charge is 0.236 e. The summed E-state index contributed by atoms with van der Waals surface area (Å²) in [6.45, 7) is 0. The number of hydrogen-bond acceptors (Lipinski definition) is 2. The summed E-state index contributed by atoms with van der Waals surface area (Å²) in [4.78, 5) is 4.83. The van der Waals surface area contributed by atoms with Crippen LogP contribution in [0.25, 0.3) is 42.3 Å². The summed E-state index contributed by atoms with van der Waals surface area (Å²) in [5, 5.41) is 6.23. The summed E-state index contributed by atoms with van der Waals surface area (Å²) < 4.78 is 1.24. The Morgan fingerprint density at radius 3 is 2.39 bits per heavy atom. The Bertz CT molecular complexity index is 1140. The van der Waals surface area contributed by atoms with Crippen LogP contribution in [0.1, 0.15) is 0 Å². The van der Waals surface area contributed by atoms with Crippen molar-refractivity contribution in [3.8, 4) is 10.6 Å². The summed E-state index contributed by atoms with van der Waals surface area (Å²) in [6.07, 6.45) is 0. The van der Waals surface area contributed by atoms with E-state index in [1.807, 2.05) is 6.07 Å². The lowest BCUT2D eigenvalue weighted by molar-refractivity contribution is 1.49. The minimum Gasteiger partial charge on any atom is -0.236 e. The Morgan fingerprint density at radius 1 is 0.609 bits per heavy atom. The maximum Gasteiger partial charge on any atom is 0.125 e. The van der Waals surface area contributed by atoms with Gasteiger partial charge >= 0.3 is 0 Å². The molecule has 0 spiro atoms. The van der Waals surface area contributed by atoms with Crippen molar-refractivity contribution in [1.82, 2.24) is 4.98 Å². The van der Waals surface area contributed by atoms with Crippen molar-refractivity contribution in [2.45, 2.75) is 0 Å². The first-order valence-corrected chi connectivity index (χ1v) is 8.48. The number of aromatic nitrogens is 1. The summed E-state index contributed by atoms with van der Waals surface area (Å²) >= 11 is 1.76. The molecule has 23 heavy (non-hydrogen) atoms. The maximum absolute atomic E-state index is 4.83. The fourth-order valence-electron chi connectivity index (χ4n) is 3.21. The first kappa shape index (κ1) is 12.8. The van der Waals surface area contributed by atoms with Crippen LogP contribution in [0.4, 0.5) is 0 Å². The van der Waals surface area contributed by atoms with E-state index in [9.17, 15) is 0 Å². The van der Waals surface area contributed by atoms with E-state index in [-0.39, 0.29) is 0 Å². The van der Waals surface area contributed by atoms with Gasteiger partial charge < -0.3 is 0 Å². The van der Waals surface area contributed by atoms with Gasteiger partial charge in [0.25, 0.3) is 0 Å². The first-order chi connectivity index (χ1) is 11.4. The molecule has 0 aliphatic carbocycles. The predicted octanol–water partition coefficient (Wildman–Crippen LogP) is 6.27. The molecule has 0 bridgehead atoms. The molecule has 0 fully saturated rings. The van der Waals surface area contributed by atoms with Crippen LogP contribution in [-0.2, 0) is 0 Å². The molecule has 0 saturated carbocycles. The molecule has 2 heteroatoms. The molecule has 0 radical (unpaired) electrons. The van der Waals surface area contributed by atoms with Gasteiger partial charge in [-0.05, 0) is 33.7 Å². The normalized spacial score (nSPS) is 11.5. The molecule has 5 aromatic rings. The Hall–Kier alpha value is -2.71. The van der Waals surface area contributed by atoms with Crippen molar-refractivity contribution in [2.75, 3.05) is 0 Å². The summed E-state index contributed by atoms with van der Waals surface area (Å²) in [6, 6.07) is 27.8. The number of benzene rings is 4. The standard InChI is InChI=1S/C21H13NS/c1-2-7-15-14(6-1)12-13-17-16(15)8-5-9-18(17)21-22-19-10-3-4-11-20(19)23-21/h1-13H. The maximum atomic E-state index is 4.83. The van der Waals surface area contributed by atoms with E-state index in [0.717, 1.165) is 10.5 Å². The van der Waals surface area contributed by atoms with E-state index >= 15 is 0 Å². The van der Waals surface area contributed by atoms with Crippen molar-refractivity contribution < 1.29 is 0 Å². The van der Waals surface area contributed by atoms with Crippen molar-refractivity contribution >= 4 is 43.1 Å². The zero-order chi connectivity index (χ0) is 15.2. The highest BCUT2D eigenvalue weighted by Gasteiger charge is 2.10. The topological polar surface area (TPSA) is 12.9 Å². The minimum atomic E-state index is 1.07. The molecule has 5 rings (SSSR count). The van der Waals surface area contributed by atoms with Gasteiger partial charge in [0.15, 0.2) is 0 Å². The van der Waals surface area contributed by atoms with Crippen LogP contribution in [-0.4, -0.2) is 4.98 Å². The van der Waals surface area contributed by atoms with Gasteiger partial charge in [-0.2, -0.15) is 0 Å². The summed E-state index contributed by atoms with van der Waals surface area (Å²) in [5.41, 5.74) is 2.29. The second-order valence-electron chi connectivity index (χ2n) is 5.67. The van der Waals surface area contributed by atoms with Gasteiger partial charge in [-0.15, -0.1) is 11.3 Å². The molecule has 108 valence electrons. The lowest BCUT2D eigenvalue weighted by atomic mass is 9.99. The van der Waals surface area contributed by atoms with Crippen LogP contribution < -0.4 is 0 Å². The SMILES string of the molecule is c1ccc2c(c1)ccc1c(-c3nc4ccccc4s3)cccc12. The zero-order valence-electron chi connectivity index (χ0n) is 12.4. The Labute approximate surface area is 137 Å². The van der Waals surface area contributed by atoms with E-state index in [1.54, 1.807) is 11.3 Å². The van der Waals surface area contributed by atoms with Gasteiger partial charge in [-0.25, -0.2) is 4.98 Å². The van der Waals surface area contributed by atoms with Gasteiger partial charge in [0, 0.05) is 5.56 Å². The van der Waals surface area contributed by atoms with E-state index in [0.29, 0.717) is 0 Å². The molecule has 0 N–H and O–H groups in total. The van der Waals surface area contributed by atoms with E-state index in [4.69, 9.17) is 4.98 Å². The fraction of sp³-hybridized carbons (Fsp3) is 0. The number of nitrogens with zero attached hydrogens (tertiary/aromatic N) is 1. The third kappa shape index (κ3) is 1.96. The van der Waals surface area contributed by atoms with E-state index in [1.165, 1.54) is 31.8 Å². The van der Waals surface area contributed by atoms with Crippen LogP contribution in [0, 0.1) is 0 Å². The lowest BCUT2D eigenvalue weighted by Gasteiger charge is -2.07. The fourth-order valence-corrected chi connectivity index (χ4v) is 4.22. The van der Waals surface area contributed by atoms with E-state index < -0.39 is 0 Å². The monoisotopic (exact) mass is 311 g/mol. The lowest BCUT2D eigenvalue weighted by Crippen LogP contribution is -1.82. The van der Waals surface area contributed by atoms with Crippen molar-refractivity contribution in [1.29, 1.82) is 0 Å². The summed E-state index contributed by atoms with van der Waals surface area (Å²) in [7, 11) is 0. The molecule has 1 heterocycles. The number of hydrogen-bond donors (Lipinski definition) is 0. The van der Waals surface area contributed by atoms with Crippen LogP contribution in [0.3, 0.4) is 0 Å². The first-order valence-electron chi connectivity index (χ1n) is 7.66. The smallest absolute Gasteiger partial charge is 0.125 e. The second-order valence-corrected chi connectivity index (χ2v) is 6.70. The van der Waals surface area contributed by atoms with E-state index in [2.05, 4.69) is 72.8 Å². The Balaban J connectivity index is 1.86. The molecule has 1 aromatic heterocycles. The highest BCUT2D eigenvalue weighted by atomic mass is 32.1. The Kier molecular flexibility index (Phi) is 2.73. The molecule has 0 aliphatic heterocycles. The third-order valence-corrected chi connectivity index (χ3v) is 5.38. The quantitative estimate of drug-likeness (QED) is 0.332.